The predicted octanol–water partition coefficient (Wildman–Crippen LogP) is 6.44. The van der Waals surface area contributed by atoms with E-state index in [1.807, 2.05) is 32.2 Å². The molecule has 1 unspecified atom stereocenters. The van der Waals surface area contributed by atoms with Gasteiger partial charge in [-0.05, 0) is 31.2 Å². The number of amides is 1. The molecule has 0 N–H and O–H groups in total. The van der Waals surface area contributed by atoms with Gasteiger partial charge in [-0.2, -0.15) is 10.2 Å². The number of halogens is 3. The zero-order valence-electron chi connectivity index (χ0n) is 25.8. The fourth-order valence-corrected chi connectivity index (χ4v) is 6.19. The van der Waals surface area contributed by atoms with Crippen LogP contribution in [-0.4, -0.2) is 62.2 Å². The Morgan fingerprint density at radius 1 is 1.09 bits per heavy atom. The number of methoxy groups -OCH3 is 1. The fourth-order valence-electron chi connectivity index (χ4n) is 6.19. The third-order valence-electron chi connectivity index (χ3n) is 8.46. The second kappa shape index (κ2) is 11.7. The highest BCUT2D eigenvalue weighted by Gasteiger charge is 2.32. The summed E-state index contributed by atoms with van der Waals surface area (Å²) in [6, 6.07) is 8.62. The Hall–Kier alpha value is -5.43. The molecule has 2 aromatic carbocycles. The van der Waals surface area contributed by atoms with Crippen LogP contribution in [0.1, 0.15) is 18.7 Å². The molecule has 0 bridgehead atoms. The maximum atomic E-state index is 16.0. The van der Waals surface area contributed by atoms with E-state index in [1.165, 1.54) is 13.2 Å². The Labute approximate surface area is 266 Å². The summed E-state index contributed by atoms with van der Waals surface area (Å²) >= 11 is 0. The van der Waals surface area contributed by atoms with E-state index in [9.17, 15) is 9.18 Å². The van der Waals surface area contributed by atoms with Crippen molar-refractivity contribution in [1.29, 1.82) is 0 Å². The van der Waals surface area contributed by atoms with Gasteiger partial charge >= 0.3 is 0 Å². The van der Waals surface area contributed by atoms with Crippen molar-refractivity contribution in [2.75, 3.05) is 26.9 Å². The summed E-state index contributed by atoms with van der Waals surface area (Å²) in [6.45, 7) is 6.34. The highest BCUT2D eigenvalue weighted by molar-refractivity contribution is 6.07. The summed E-state index contributed by atoms with van der Waals surface area (Å²) in [4.78, 5) is 19.2. The number of aryl methyl sites for hydroxylation is 1. The number of ether oxygens (including phenoxy) is 2. The van der Waals surface area contributed by atoms with Crippen LogP contribution < -0.4 is 4.74 Å². The third kappa shape index (κ3) is 5.03. The number of nitrogens with zero attached hydrogens (tertiary/aromatic N) is 6. The number of pyridine rings is 1. The minimum absolute atomic E-state index is 0.0236. The quantitative estimate of drug-likeness (QED) is 0.139. The Morgan fingerprint density at radius 2 is 1.91 bits per heavy atom. The van der Waals surface area contributed by atoms with Crippen LogP contribution in [0.3, 0.4) is 0 Å². The Morgan fingerprint density at radius 3 is 2.70 bits per heavy atom. The van der Waals surface area contributed by atoms with E-state index in [4.69, 9.17) is 24.0 Å². The molecule has 0 fully saturated rings. The third-order valence-corrected chi connectivity index (χ3v) is 8.46. The van der Waals surface area contributed by atoms with E-state index in [0.717, 1.165) is 23.2 Å². The molecule has 1 atom stereocenters. The molecule has 0 radical (unpaired) electrons. The van der Waals surface area contributed by atoms with Crippen molar-refractivity contribution >= 4 is 27.8 Å². The molecule has 1 aliphatic rings. The van der Waals surface area contributed by atoms with Crippen LogP contribution >= 0.6 is 0 Å². The number of rotatable bonds is 8. The molecular formula is C34H29F3N6O4. The van der Waals surface area contributed by atoms with Crippen molar-refractivity contribution in [3.05, 3.63) is 84.7 Å². The lowest BCUT2D eigenvalue weighted by atomic mass is 9.94. The molecule has 0 aliphatic carbocycles. The summed E-state index contributed by atoms with van der Waals surface area (Å²) in [5.74, 6) is -3.06. The maximum absolute atomic E-state index is 16.0. The molecule has 7 rings (SSSR count). The van der Waals surface area contributed by atoms with Gasteiger partial charge in [0.05, 0.1) is 47.6 Å². The normalized spacial score (nSPS) is 14.6. The Balaban J connectivity index is 1.53. The van der Waals surface area contributed by atoms with Crippen molar-refractivity contribution in [2.45, 2.75) is 19.5 Å². The number of carbonyl (C=O) groups is 1. The molecule has 4 aromatic heterocycles. The lowest BCUT2D eigenvalue weighted by Gasteiger charge is -2.33. The van der Waals surface area contributed by atoms with Crippen molar-refractivity contribution < 1.29 is 31.9 Å². The number of hydrogen-bond acceptors (Lipinski definition) is 7. The van der Waals surface area contributed by atoms with E-state index in [0.29, 0.717) is 30.4 Å². The molecule has 0 spiro atoms. The summed E-state index contributed by atoms with van der Waals surface area (Å²) in [6.07, 6.45) is 3.89. The average molecular weight is 643 g/mol. The molecule has 5 heterocycles. The number of aromatic nitrogens is 5. The van der Waals surface area contributed by atoms with Gasteiger partial charge in [-0.3, -0.25) is 14.2 Å². The van der Waals surface area contributed by atoms with Gasteiger partial charge in [0.25, 0.3) is 0 Å². The molecule has 0 saturated carbocycles. The molecule has 240 valence electrons. The first kappa shape index (κ1) is 30.2. The topological polar surface area (TPSA) is 100 Å². The maximum Gasteiger partial charge on any atom is 0.246 e. The van der Waals surface area contributed by atoms with Crippen LogP contribution in [0, 0.1) is 17.5 Å². The highest BCUT2D eigenvalue weighted by Crippen LogP contribution is 2.47. The lowest BCUT2D eigenvalue weighted by molar-refractivity contribution is -0.129. The molecule has 6 aromatic rings. The number of hydrogen-bond donors (Lipinski definition) is 0. The smallest absolute Gasteiger partial charge is 0.246 e. The average Bonchev–Trinajstić information content (AvgIpc) is 3.77. The highest BCUT2D eigenvalue weighted by atomic mass is 19.1. The summed E-state index contributed by atoms with van der Waals surface area (Å²) < 4.78 is 66.7. The van der Waals surface area contributed by atoms with Gasteiger partial charge in [0.1, 0.15) is 47.3 Å². The second-order valence-corrected chi connectivity index (χ2v) is 11.2. The standard InChI is InChI=1S/C34H29F3N6O4/c1-5-28(44)42-8-9-43-26(18(42)2)15-24(40-43)33-31(29-22(36)13-21(35)14-27(29)46-11-10-45-4)30-23(37)17-47-34(30)32(39-33)19-6-7-25-20(12-19)16-38-41(25)3/h5-7,12-18H,1,8-11H2,2-4H3. The van der Waals surface area contributed by atoms with Gasteiger partial charge in [-0.1, -0.05) is 12.6 Å². The SMILES string of the molecule is C=CC(=O)N1CCn2nc(-c3nc(-c4ccc5c(cnn5C)c4)c4occ(F)c4c3-c3c(F)cc(F)cc3OCCOC)cc2C1C. The monoisotopic (exact) mass is 642 g/mol. The van der Waals surface area contributed by atoms with Crippen molar-refractivity contribution in [3.63, 3.8) is 0 Å². The molecule has 13 heteroatoms. The van der Waals surface area contributed by atoms with Gasteiger partial charge in [0.15, 0.2) is 11.4 Å². The zero-order valence-corrected chi connectivity index (χ0v) is 25.8. The van der Waals surface area contributed by atoms with Crippen LogP contribution in [-0.2, 0) is 23.1 Å². The minimum atomic E-state index is -0.994. The van der Waals surface area contributed by atoms with Crippen molar-refractivity contribution in [1.82, 2.24) is 29.4 Å². The molecule has 10 nitrogen and oxygen atoms in total. The van der Waals surface area contributed by atoms with E-state index in [2.05, 4.69) is 11.7 Å². The van der Waals surface area contributed by atoms with Gasteiger partial charge < -0.3 is 18.8 Å². The Kier molecular flexibility index (Phi) is 7.55. The van der Waals surface area contributed by atoms with Crippen LogP contribution in [0.4, 0.5) is 13.2 Å². The number of carbonyl (C=O) groups excluding carboxylic acids is 1. The van der Waals surface area contributed by atoms with Gasteiger partial charge in [0, 0.05) is 49.3 Å². The van der Waals surface area contributed by atoms with E-state index in [-0.39, 0.29) is 70.1 Å². The summed E-state index contributed by atoms with van der Waals surface area (Å²) in [7, 11) is 3.29. The van der Waals surface area contributed by atoms with Crippen LogP contribution in [0.25, 0.3) is 55.6 Å². The van der Waals surface area contributed by atoms with E-state index < -0.39 is 17.5 Å². The second-order valence-electron chi connectivity index (χ2n) is 11.2. The largest absolute Gasteiger partial charge is 0.490 e. The lowest BCUT2D eigenvalue weighted by Crippen LogP contribution is -2.40. The van der Waals surface area contributed by atoms with Crippen molar-refractivity contribution in [3.8, 4) is 39.5 Å². The van der Waals surface area contributed by atoms with E-state index in [1.54, 1.807) is 26.5 Å². The molecule has 1 amide bonds. The van der Waals surface area contributed by atoms with Gasteiger partial charge in [-0.15, -0.1) is 0 Å². The zero-order chi connectivity index (χ0) is 33.0. The Bertz CT molecular complexity index is 2200. The number of benzene rings is 2. The molecule has 0 saturated heterocycles. The van der Waals surface area contributed by atoms with Gasteiger partial charge in [-0.25, -0.2) is 18.2 Å². The number of fused-ring (bicyclic) bond motifs is 3. The van der Waals surface area contributed by atoms with Gasteiger partial charge in [0.2, 0.25) is 5.91 Å². The predicted molar refractivity (Wildman–Crippen MR) is 168 cm³/mol. The first-order valence-electron chi connectivity index (χ1n) is 14.8. The summed E-state index contributed by atoms with van der Waals surface area (Å²) in [5.41, 5.74) is 2.63. The first-order valence-corrected chi connectivity index (χ1v) is 14.8. The molecular weight excluding hydrogens is 613 g/mol. The number of furan rings is 1. The molecule has 1 aliphatic heterocycles. The molecule has 47 heavy (non-hydrogen) atoms. The van der Waals surface area contributed by atoms with Crippen LogP contribution in [0.2, 0.25) is 0 Å². The van der Waals surface area contributed by atoms with Crippen LogP contribution in [0.15, 0.2) is 65.9 Å². The van der Waals surface area contributed by atoms with Crippen molar-refractivity contribution in [2.24, 2.45) is 7.05 Å². The van der Waals surface area contributed by atoms with E-state index >= 15 is 8.78 Å². The first-order chi connectivity index (χ1) is 22.7. The fraction of sp³-hybridized carbons (Fsp3) is 0.235. The minimum Gasteiger partial charge on any atom is -0.490 e. The van der Waals surface area contributed by atoms with Crippen LogP contribution in [0.5, 0.6) is 5.75 Å². The summed E-state index contributed by atoms with van der Waals surface area (Å²) in [5, 5.41) is 9.85.